The van der Waals surface area contributed by atoms with E-state index < -0.39 is 22.0 Å². The van der Waals surface area contributed by atoms with Crippen LogP contribution in [0.15, 0.2) is 10.6 Å². The van der Waals surface area contributed by atoms with E-state index in [9.17, 15) is 18.0 Å². The van der Waals surface area contributed by atoms with Gasteiger partial charge in [-0.15, -0.1) is 0 Å². The molecule has 2 aliphatic heterocycles. The summed E-state index contributed by atoms with van der Waals surface area (Å²) in [4.78, 5) is 28.0. The second-order valence-electron chi connectivity index (χ2n) is 8.49. The van der Waals surface area contributed by atoms with Crippen molar-refractivity contribution in [1.29, 1.82) is 0 Å². The number of likely N-dealkylation sites (tertiary alicyclic amines) is 1. The van der Waals surface area contributed by atoms with Crippen molar-refractivity contribution >= 4 is 27.8 Å². The zero-order chi connectivity index (χ0) is 21.2. The second kappa shape index (κ2) is 8.21. The fourth-order valence-electron chi connectivity index (χ4n) is 3.28. The number of nitrogens with one attached hydrogen (secondary N) is 1. The SMILES string of the molecule is CC(C)(C)c1cc(NC(=O)OC2CCCN(C(=O)N3CCS(=O)(=O)CC3)C2)no1. The van der Waals surface area contributed by atoms with Crippen LogP contribution in [0.25, 0.3) is 0 Å². The average Bonchev–Trinajstić information content (AvgIpc) is 3.10. The van der Waals surface area contributed by atoms with Gasteiger partial charge in [0, 0.05) is 31.1 Å². The number of amides is 3. The lowest BCUT2D eigenvalue weighted by Crippen LogP contribution is -2.53. The molecule has 0 spiro atoms. The summed E-state index contributed by atoms with van der Waals surface area (Å²) in [5.74, 6) is 0.899. The van der Waals surface area contributed by atoms with Gasteiger partial charge in [-0.25, -0.2) is 18.0 Å². The molecule has 2 fully saturated rings. The number of anilines is 1. The number of carbonyl (C=O) groups excluding carboxylic acids is 2. The van der Waals surface area contributed by atoms with Gasteiger partial charge in [-0.3, -0.25) is 5.32 Å². The van der Waals surface area contributed by atoms with E-state index in [0.717, 1.165) is 0 Å². The molecule has 162 valence electrons. The van der Waals surface area contributed by atoms with Crippen molar-refractivity contribution < 1.29 is 27.3 Å². The number of aromatic nitrogens is 1. The molecule has 3 heterocycles. The Kier molecular flexibility index (Phi) is 6.06. The maximum Gasteiger partial charge on any atom is 0.413 e. The van der Waals surface area contributed by atoms with E-state index >= 15 is 0 Å². The van der Waals surface area contributed by atoms with Crippen molar-refractivity contribution in [2.45, 2.75) is 45.1 Å². The summed E-state index contributed by atoms with van der Waals surface area (Å²) < 4.78 is 33.8. The summed E-state index contributed by atoms with van der Waals surface area (Å²) in [5.41, 5.74) is -0.227. The van der Waals surface area contributed by atoms with Gasteiger partial charge in [0.1, 0.15) is 11.9 Å². The summed E-state index contributed by atoms with van der Waals surface area (Å²) in [7, 11) is -3.05. The summed E-state index contributed by atoms with van der Waals surface area (Å²) >= 11 is 0. The highest BCUT2D eigenvalue weighted by molar-refractivity contribution is 7.91. The number of carbonyl (C=O) groups is 2. The van der Waals surface area contributed by atoms with Gasteiger partial charge >= 0.3 is 12.1 Å². The molecule has 1 unspecified atom stereocenters. The molecule has 10 nitrogen and oxygen atoms in total. The molecule has 2 aliphatic rings. The Bertz CT molecular complexity index is 846. The predicted octanol–water partition coefficient (Wildman–Crippen LogP) is 1.84. The standard InChI is InChI=1S/C18H28N4O6S/c1-18(2,3)14-11-15(20-28-14)19-16(23)27-13-5-4-6-22(12-13)17(24)21-7-9-29(25,26)10-8-21/h11,13H,4-10,12H2,1-3H3,(H,19,20,23). The van der Waals surface area contributed by atoms with Gasteiger partial charge in [0.2, 0.25) is 0 Å². The molecule has 1 aromatic rings. The zero-order valence-electron chi connectivity index (χ0n) is 17.0. The number of piperidine rings is 1. The summed E-state index contributed by atoms with van der Waals surface area (Å²) in [6.45, 7) is 7.16. The Labute approximate surface area is 170 Å². The summed E-state index contributed by atoms with van der Waals surface area (Å²) in [6.07, 6.45) is 0.267. The van der Waals surface area contributed by atoms with E-state index in [-0.39, 0.29) is 48.4 Å². The first-order valence-electron chi connectivity index (χ1n) is 9.73. The van der Waals surface area contributed by atoms with Gasteiger partial charge in [0.05, 0.1) is 18.1 Å². The van der Waals surface area contributed by atoms with E-state index in [1.54, 1.807) is 15.9 Å². The quantitative estimate of drug-likeness (QED) is 0.762. The maximum atomic E-state index is 12.7. The Morgan fingerprint density at radius 2 is 1.90 bits per heavy atom. The van der Waals surface area contributed by atoms with Crippen LogP contribution in [0.5, 0.6) is 0 Å². The lowest BCUT2D eigenvalue weighted by Gasteiger charge is -2.37. The molecule has 1 aromatic heterocycles. The lowest BCUT2D eigenvalue weighted by molar-refractivity contribution is 0.0531. The predicted molar refractivity (Wildman–Crippen MR) is 106 cm³/mol. The fourth-order valence-corrected chi connectivity index (χ4v) is 4.49. The highest BCUT2D eigenvalue weighted by Gasteiger charge is 2.32. The average molecular weight is 429 g/mol. The van der Waals surface area contributed by atoms with Crippen LogP contribution >= 0.6 is 0 Å². The molecule has 0 aromatic carbocycles. The maximum absolute atomic E-state index is 12.7. The minimum atomic E-state index is -3.05. The summed E-state index contributed by atoms with van der Waals surface area (Å²) in [5, 5.41) is 6.38. The van der Waals surface area contributed by atoms with Gasteiger partial charge < -0.3 is 19.1 Å². The van der Waals surface area contributed by atoms with Crippen LogP contribution in [0.1, 0.15) is 39.4 Å². The van der Waals surface area contributed by atoms with Crippen LogP contribution in [0, 0.1) is 0 Å². The molecule has 2 saturated heterocycles. The number of hydrogen-bond donors (Lipinski definition) is 1. The fraction of sp³-hybridized carbons (Fsp3) is 0.722. The number of sulfone groups is 1. The number of rotatable bonds is 2. The van der Waals surface area contributed by atoms with Gasteiger partial charge in [0.15, 0.2) is 15.7 Å². The molecular formula is C18H28N4O6S. The Morgan fingerprint density at radius 3 is 2.52 bits per heavy atom. The normalized spacial score (nSPS) is 22.2. The molecule has 11 heteroatoms. The van der Waals surface area contributed by atoms with Crippen molar-refractivity contribution in [3.8, 4) is 0 Å². The molecule has 1 N–H and O–H groups in total. The topological polar surface area (TPSA) is 122 Å². The molecule has 0 radical (unpaired) electrons. The van der Waals surface area contributed by atoms with Crippen molar-refractivity contribution in [3.05, 3.63) is 11.8 Å². The van der Waals surface area contributed by atoms with Crippen LogP contribution in [-0.2, 0) is 20.0 Å². The number of hydrogen-bond acceptors (Lipinski definition) is 7. The minimum absolute atomic E-state index is 0.0107. The van der Waals surface area contributed by atoms with Crippen molar-refractivity contribution in [3.63, 3.8) is 0 Å². The first kappa shape index (κ1) is 21.4. The number of urea groups is 1. The molecule has 0 aliphatic carbocycles. The number of ether oxygens (including phenoxy) is 1. The van der Waals surface area contributed by atoms with Crippen molar-refractivity contribution in [1.82, 2.24) is 15.0 Å². The third kappa shape index (κ3) is 5.62. The largest absolute Gasteiger partial charge is 0.444 e. The molecular weight excluding hydrogens is 400 g/mol. The molecule has 1 atom stereocenters. The second-order valence-corrected chi connectivity index (χ2v) is 10.8. The number of nitrogens with zero attached hydrogens (tertiary/aromatic N) is 3. The molecule has 0 bridgehead atoms. The van der Waals surface area contributed by atoms with Crippen molar-refractivity contribution in [2.24, 2.45) is 0 Å². The third-order valence-electron chi connectivity index (χ3n) is 5.02. The van der Waals surface area contributed by atoms with E-state index in [1.807, 2.05) is 20.8 Å². The van der Waals surface area contributed by atoms with Crippen LogP contribution in [0.4, 0.5) is 15.4 Å². The van der Waals surface area contributed by atoms with E-state index in [0.29, 0.717) is 25.1 Å². The first-order valence-corrected chi connectivity index (χ1v) is 11.5. The zero-order valence-corrected chi connectivity index (χ0v) is 17.8. The van der Waals surface area contributed by atoms with E-state index in [1.165, 1.54) is 0 Å². The highest BCUT2D eigenvalue weighted by atomic mass is 32.2. The monoisotopic (exact) mass is 428 g/mol. The van der Waals surface area contributed by atoms with Gasteiger partial charge in [-0.2, -0.15) is 0 Å². The van der Waals surface area contributed by atoms with Gasteiger partial charge in [-0.1, -0.05) is 25.9 Å². The molecule has 3 amide bonds. The minimum Gasteiger partial charge on any atom is -0.444 e. The van der Waals surface area contributed by atoms with E-state index in [4.69, 9.17) is 9.26 Å². The smallest absolute Gasteiger partial charge is 0.413 e. The van der Waals surface area contributed by atoms with Crippen LogP contribution < -0.4 is 5.32 Å². The molecule has 3 rings (SSSR count). The summed E-state index contributed by atoms with van der Waals surface area (Å²) in [6, 6.07) is 1.45. The Hall–Kier alpha value is -2.30. The van der Waals surface area contributed by atoms with E-state index in [2.05, 4.69) is 10.5 Å². The lowest BCUT2D eigenvalue weighted by atomic mass is 9.93. The van der Waals surface area contributed by atoms with Gasteiger partial charge in [-0.05, 0) is 12.8 Å². The third-order valence-corrected chi connectivity index (χ3v) is 6.63. The van der Waals surface area contributed by atoms with Crippen LogP contribution in [0.3, 0.4) is 0 Å². The first-order chi connectivity index (χ1) is 13.5. The van der Waals surface area contributed by atoms with Gasteiger partial charge in [0.25, 0.3) is 0 Å². The van der Waals surface area contributed by atoms with Crippen LogP contribution in [0.2, 0.25) is 0 Å². The molecule has 0 saturated carbocycles. The van der Waals surface area contributed by atoms with Crippen molar-refractivity contribution in [2.75, 3.05) is 43.0 Å². The molecule has 29 heavy (non-hydrogen) atoms. The van der Waals surface area contributed by atoms with Crippen LogP contribution in [-0.4, -0.2) is 79.3 Å². The highest BCUT2D eigenvalue weighted by Crippen LogP contribution is 2.24. The Morgan fingerprint density at radius 1 is 1.21 bits per heavy atom. The Balaban J connectivity index is 1.51.